The summed E-state index contributed by atoms with van der Waals surface area (Å²) in [6.07, 6.45) is 0. The van der Waals surface area contributed by atoms with Gasteiger partial charge in [-0.1, -0.05) is 51.1 Å². The second-order valence-electron chi connectivity index (χ2n) is 6.15. The molecule has 0 spiro atoms. The molecule has 0 fully saturated rings. The summed E-state index contributed by atoms with van der Waals surface area (Å²) in [4.78, 5) is 22.6. The standard InChI is InChI=1S/C17H19N3O3/c1-17(2,3)12-8-4-5-9-13(12)18-16(21)19-14-10-6-7-11-15(14)20(22)23/h4-11H,1-3H3,(H2,18,19,21). The van der Waals surface area contributed by atoms with E-state index in [1.807, 2.05) is 39.0 Å². The monoisotopic (exact) mass is 313 g/mol. The smallest absolute Gasteiger partial charge is 0.307 e. The minimum Gasteiger partial charge on any atom is -0.307 e. The Morgan fingerprint density at radius 3 is 2.09 bits per heavy atom. The summed E-state index contributed by atoms with van der Waals surface area (Å²) >= 11 is 0. The minimum absolute atomic E-state index is 0.136. The average molecular weight is 313 g/mol. The molecule has 0 aliphatic rings. The lowest BCUT2D eigenvalue weighted by Crippen LogP contribution is -2.23. The van der Waals surface area contributed by atoms with Gasteiger partial charge in [-0.25, -0.2) is 4.79 Å². The van der Waals surface area contributed by atoms with Gasteiger partial charge in [0.1, 0.15) is 5.69 Å². The van der Waals surface area contributed by atoms with Crippen LogP contribution < -0.4 is 10.6 Å². The molecule has 0 aliphatic heterocycles. The third kappa shape index (κ3) is 4.06. The molecule has 0 saturated heterocycles. The highest BCUT2D eigenvalue weighted by atomic mass is 16.6. The highest BCUT2D eigenvalue weighted by molar-refractivity contribution is 6.01. The fraction of sp³-hybridized carbons (Fsp3) is 0.235. The molecule has 6 heteroatoms. The first-order valence-corrected chi connectivity index (χ1v) is 7.20. The second-order valence-corrected chi connectivity index (χ2v) is 6.15. The summed E-state index contributed by atoms with van der Waals surface area (Å²) in [6.45, 7) is 6.15. The molecule has 2 amide bonds. The summed E-state index contributed by atoms with van der Waals surface area (Å²) in [5.74, 6) is 0. The Bertz CT molecular complexity index is 736. The number of nitrogens with one attached hydrogen (secondary N) is 2. The predicted molar refractivity (Wildman–Crippen MR) is 90.9 cm³/mol. The highest BCUT2D eigenvalue weighted by Crippen LogP contribution is 2.29. The van der Waals surface area contributed by atoms with Crippen molar-refractivity contribution in [2.24, 2.45) is 0 Å². The molecular formula is C17H19N3O3. The summed E-state index contributed by atoms with van der Waals surface area (Å²) in [5, 5.41) is 16.3. The Kier molecular flexibility index (Phi) is 4.64. The van der Waals surface area contributed by atoms with E-state index in [4.69, 9.17) is 0 Å². The maximum atomic E-state index is 12.2. The molecule has 0 atom stereocenters. The van der Waals surface area contributed by atoms with Crippen molar-refractivity contribution in [3.63, 3.8) is 0 Å². The maximum absolute atomic E-state index is 12.2. The van der Waals surface area contributed by atoms with Gasteiger partial charge in [-0.3, -0.25) is 10.1 Å². The third-order valence-electron chi connectivity index (χ3n) is 3.33. The second kappa shape index (κ2) is 6.48. The van der Waals surface area contributed by atoms with Crippen molar-refractivity contribution in [3.8, 4) is 0 Å². The lowest BCUT2D eigenvalue weighted by Gasteiger charge is -2.23. The van der Waals surface area contributed by atoms with E-state index in [0.717, 1.165) is 5.56 Å². The number of hydrogen-bond acceptors (Lipinski definition) is 3. The molecule has 0 unspecified atom stereocenters. The number of nitro groups is 1. The number of nitrogens with zero attached hydrogens (tertiary/aromatic N) is 1. The molecule has 120 valence electrons. The molecule has 2 aromatic rings. The van der Waals surface area contributed by atoms with Crippen molar-refractivity contribution in [1.29, 1.82) is 0 Å². The molecular weight excluding hydrogens is 294 g/mol. The van der Waals surface area contributed by atoms with E-state index in [-0.39, 0.29) is 16.8 Å². The lowest BCUT2D eigenvalue weighted by atomic mass is 9.86. The van der Waals surface area contributed by atoms with E-state index in [9.17, 15) is 14.9 Å². The fourth-order valence-corrected chi connectivity index (χ4v) is 2.26. The van der Waals surface area contributed by atoms with Gasteiger partial charge in [-0.2, -0.15) is 0 Å². The first-order valence-electron chi connectivity index (χ1n) is 7.20. The van der Waals surface area contributed by atoms with E-state index in [2.05, 4.69) is 10.6 Å². The summed E-state index contributed by atoms with van der Waals surface area (Å²) in [7, 11) is 0. The molecule has 23 heavy (non-hydrogen) atoms. The molecule has 0 radical (unpaired) electrons. The highest BCUT2D eigenvalue weighted by Gasteiger charge is 2.19. The normalized spacial score (nSPS) is 10.9. The van der Waals surface area contributed by atoms with Crippen LogP contribution in [0.5, 0.6) is 0 Å². The zero-order valence-electron chi connectivity index (χ0n) is 13.3. The van der Waals surface area contributed by atoms with Gasteiger partial charge < -0.3 is 10.6 Å². The SMILES string of the molecule is CC(C)(C)c1ccccc1NC(=O)Nc1ccccc1[N+](=O)[O-]. The quantitative estimate of drug-likeness (QED) is 0.644. The van der Waals surface area contributed by atoms with Gasteiger partial charge >= 0.3 is 6.03 Å². The predicted octanol–water partition coefficient (Wildman–Crippen LogP) is 4.54. The van der Waals surface area contributed by atoms with Crippen molar-refractivity contribution < 1.29 is 9.72 Å². The van der Waals surface area contributed by atoms with Crippen LogP contribution in [0.25, 0.3) is 0 Å². The minimum atomic E-state index is -0.529. The van der Waals surface area contributed by atoms with Crippen molar-refractivity contribution >= 4 is 23.1 Å². The molecule has 0 bridgehead atoms. The first-order chi connectivity index (χ1) is 10.8. The molecule has 2 aromatic carbocycles. The van der Waals surface area contributed by atoms with Crippen LogP contribution in [0.4, 0.5) is 21.9 Å². The van der Waals surface area contributed by atoms with Gasteiger partial charge in [0.2, 0.25) is 0 Å². The van der Waals surface area contributed by atoms with Crippen LogP contribution in [0.3, 0.4) is 0 Å². The van der Waals surface area contributed by atoms with Crippen LogP contribution in [-0.2, 0) is 5.41 Å². The number of para-hydroxylation sites is 3. The summed E-state index contributed by atoms with van der Waals surface area (Å²) < 4.78 is 0. The molecule has 0 saturated carbocycles. The number of hydrogen-bond donors (Lipinski definition) is 2. The summed E-state index contributed by atoms with van der Waals surface area (Å²) in [6, 6.07) is 13.0. The molecule has 0 aliphatic carbocycles. The van der Waals surface area contributed by atoms with Crippen molar-refractivity contribution in [1.82, 2.24) is 0 Å². The number of nitro benzene ring substituents is 1. The van der Waals surface area contributed by atoms with Crippen LogP contribution in [0, 0.1) is 10.1 Å². The average Bonchev–Trinajstić information content (AvgIpc) is 2.47. The fourth-order valence-electron chi connectivity index (χ4n) is 2.26. The number of carbonyl (C=O) groups excluding carboxylic acids is 1. The lowest BCUT2D eigenvalue weighted by molar-refractivity contribution is -0.383. The van der Waals surface area contributed by atoms with Gasteiger partial charge in [0.05, 0.1) is 4.92 Å². The van der Waals surface area contributed by atoms with Crippen LogP contribution >= 0.6 is 0 Å². The maximum Gasteiger partial charge on any atom is 0.323 e. The number of rotatable bonds is 3. The van der Waals surface area contributed by atoms with Crippen LogP contribution in [0.2, 0.25) is 0 Å². The van der Waals surface area contributed by atoms with Crippen molar-refractivity contribution in [2.75, 3.05) is 10.6 Å². The van der Waals surface area contributed by atoms with Crippen LogP contribution in [-0.4, -0.2) is 11.0 Å². The number of carbonyl (C=O) groups is 1. The largest absolute Gasteiger partial charge is 0.323 e. The van der Waals surface area contributed by atoms with E-state index in [1.54, 1.807) is 18.2 Å². The number of urea groups is 1. The van der Waals surface area contributed by atoms with E-state index < -0.39 is 11.0 Å². The Morgan fingerprint density at radius 1 is 0.957 bits per heavy atom. The van der Waals surface area contributed by atoms with Gasteiger partial charge in [0.25, 0.3) is 5.69 Å². The molecule has 2 N–H and O–H groups in total. The van der Waals surface area contributed by atoms with Gasteiger partial charge in [0, 0.05) is 11.8 Å². The van der Waals surface area contributed by atoms with Crippen molar-refractivity contribution in [2.45, 2.75) is 26.2 Å². The number of anilines is 2. The molecule has 2 rings (SSSR count). The van der Waals surface area contributed by atoms with E-state index in [1.165, 1.54) is 12.1 Å². The zero-order chi connectivity index (χ0) is 17.0. The van der Waals surface area contributed by atoms with E-state index in [0.29, 0.717) is 5.69 Å². The van der Waals surface area contributed by atoms with Gasteiger partial charge in [0.15, 0.2) is 0 Å². The van der Waals surface area contributed by atoms with Gasteiger partial charge in [-0.05, 0) is 23.1 Å². The number of benzene rings is 2. The Hall–Kier alpha value is -2.89. The zero-order valence-corrected chi connectivity index (χ0v) is 13.3. The topological polar surface area (TPSA) is 84.3 Å². The van der Waals surface area contributed by atoms with Crippen LogP contribution in [0.1, 0.15) is 26.3 Å². The van der Waals surface area contributed by atoms with E-state index >= 15 is 0 Å². The third-order valence-corrected chi connectivity index (χ3v) is 3.33. The first kappa shape index (κ1) is 16.5. The van der Waals surface area contributed by atoms with Crippen LogP contribution in [0.15, 0.2) is 48.5 Å². The molecule has 6 nitrogen and oxygen atoms in total. The Labute approximate surface area is 134 Å². The Morgan fingerprint density at radius 2 is 1.48 bits per heavy atom. The Balaban J connectivity index is 2.20. The molecule has 0 aromatic heterocycles. The van der Waals surface area contributed by atoms with Crippen molar-refractivity contribution in [3.05, 3.63) is 64.2 Å². The van der Waals surface area contributed by atoms with Gasteiger partial charge in [-0.15, -0.1) is 0 Å². The number of amides is 2. The molecule has 0 heterocycles. The summed E-state index contributed by atoms with van der Waals surface area (Å²) in [5.41, 5.74) is 1.53.